The lowest BCUT2D eigenvalue weighted by Gasteiger charge is -2.25. The van der Waals surface area contributed by atoms with E-state index in [0.717, 1.165) is 31.7 Å². The fourth-order valence-corrected chi connectivity index (χ4v) is 5.01. The number of amides is 1. The fraction of sp³-hybridized carbons (Fsp3) is 0.286. The van der Waals surface area contributed by atoms with Gasteiger partial charge in [-0.15, -0.1) is 22.7 Å². The largest absolute Gasteiger partial charge is 0.302 e. The van der Waals surface area contributed by atoms with Gasteiger partial charge in [-0.3, -0.25) is 14.5 Å². The van der Waals surface area contributed by atoms with Gasteiger partial charge in [0.05, 0.1) is 10.6 Å². The van der Waals surface area contributed by atoms with E-state index in [9.17, 15) is 9.59 Å². The Morgan fingerprint density at radius 2 is 1.96 bits per heavy atom. The Morgan fingerprint density at radius 3 is 2.75 bits per heavy atom. The quantitative estimate of drug-likeness (QED) is 0.587. The van der Waals surface area contributed by atoms with Crippen LogP contribution in [0.4, 0.5) is 5.13 Å². The maximum atomic E-state index is 12.2. The van der Waals surface area contributed by atoms with Crippen molar-refractivity contribution in [2.75, 3.05) is 11.9 Å². The zero-order valence-electron chi connectivity index (χ0n) is 15.4. The Kier molecular flexibility index (Phi) is 5.95. The number of carbonyl (C=O) groups is 2. The van der Waals surface area contributed by atoms with E-state index in [-0.39, 0.29) is 24.5 Å². The van der Waals surface area contributed by atoms with Crippen molar-refractivity contribution in [3.05, 3.63) is 68.9 Å². The van der Waals surface area contributed by atoms with Gasteiger partial charge >= 0.3 is 0 Å². The number of ketones is 1. The highest BCUT2D eigenvalue weighted by Crippen LogP contribution is 2.29. The molecule has 0 fully saturated rings. The van der Waals surface area contributed by atoms with Crippen molar-refractivity contribution >= 4 is 39.5 Å². The first-order chi connectivity index (χ1) is 13.7. The van der Waals surface area contributed by atoms with Gasteiger partial charge in [-0.05, 0) is 17.0 Å². The Labute approximate surface area is 172 Å². The molecule has 1 aliphatic heterocycles. The molecule has 1 amide bonds. The zero-order chi connectivity index (χ0) is 19.3. The number of carbonyl (C=O) groups excluding carboxylic acids is 2. The van der Waals surface area contributed by atoms with Gasteiger partial charge in [0.15, 0.2) is 10.9 Å². The van der Waals surface area contributed by atoms with Crippen molar-refractivity contribution in [2.45, 2.75) is 32.4 Å². The number of rotatable bonds is 7. The second-order valence-electron chi connectivity index (χ2n) is 6.78. The van der Waals surface area contributed by atoms with E-state index in [1.165, 1.54) is 21.8 Å². The number of fused-ring (bicyclic) bond motifs is 1. The normalized spacial score (nSPS) is 13.9. The maximum absolute atomic E-state index is 12.2. The van der Waals surface area contributed by atoms with E-state index in [2.05, 4.69) is 39.5 Å². The van der Waals surface area contributed by atoms with Crippen LogP contribution in [0.25, 0.3) is 0 Å². The monoisotopic (exact) mass is 411 g/mol. The molecule has 1 aliphatic rings. The topological polar surface area (TPSA) is 62.3 Å². The molecule has 7 heteroatoms. The number of benzene rings is 1. The minimum Gasteiger partial charge on any atom is -0.302 e. The van der Waals surface area contributed by atoms with Crippen LogP contribution < -0.4 is 5.32 Å². The summed E-state index contributed by atoms with van der Waals surface area (Å²) in [6, 6.07) is 14.1. The maximum Gasteiger partial charge on any atom is 0.226 e. The fourth-order valence-electron chi connectivity index (χ4n) is 3.25. The number of aromatic nitrogens is 1. The van der Waals surface area contributed by atoms with Crippen molar-refractivity contribution in [3.8, 4) is 0 Å². The molecule has 1 N–H and O–H groups in total. The first kappa shape index (κ1) is 19.0. The summed E-state index contributed by atoms with van der Waals surface area (Å²) >= 11 is 2.95. The summed E-state index contributed by atoms with van der Waals surface area (Å²) < 4.78 is 0. The number of anilines is 1. The summed E-state index contributed by atoms with van der Waals surface area (Å²) in [7, 11) is 0. The first-order valence-electron chi connectivity index (χ1n) is 9.29. The summed E-state index contributed by atoms with van der Waals surface area (Å²) in [5.74, 6) is -0.141. The molecule has 3 heterocycles. The van der Waals surface area contributed by atoms with Crippen LogP contribution in [0, 0.1) is 0 Å². The summed E-state index contributed by atoms with van der Waals surface area (Å²) in [5, 5.41) is 5.37. The molecule has 0 spiro atoms. The van der Waals surface area contributed by atoms with E-state index in [4.69, 9.17) is 0 Å². The van der Waals surface area contributed by atoms with Crippen molar-refractivity contribution in [1.29, 1.82) is 0 Å². The van der Waals surface area contributed by atoms with Crippen LogP contribution in [-0.2, 0) is 24.3 Å². The lowest BCUT2D eigenvalue weighted by molar-refractivity contribution is -0.116. The third-order valence-electron chi connectivity index (χ3n) is 4.68. The lowest BCUT2D eigenvalue weighted by atomic mass is 10.1. The Hall–Kier alpha value is -2.35. The molecule has 3 aromatic rings. The molecule has 0 aliphatic carbocycles. The third-order valence-corrected chi connectivity index (χ3v) is 6.59. The van der Waals surface area contributed by atoms with Crippen LogP contribution in [0.15, 0.2) is 47.8 Å². The van der Waals surface area contributed by atoms with Gasteiger partial charge in [0.2, 0.25) is 5.91 Å². The summed E-state index contributed by atoms with van der Waals surface area (Å²) in [6.45, 7) is 2.74. The number of thiophene rings is 1. The molecule has 5 nitrogen and oxygen atoms in total. The molecule has 0 atom stereocenters. The van der Waals surface area contributed by atoms with Crippen LogP contribution in [-0.4, -0.2) is 28.1 Å². The van der Waals surface area contributed by atoms with E-state index < -0.39 is 0 Å². The van der Waals surface area contributed by atoms with Gasteiger partial charge in [0, 0.05) is 43.8 Å². The molecule has 0 saturated carbocycles. The predicted molar refractivity (Wildman–Crippen MR) is 113 cm³/mol. The smallest absolute Gasteiger partial charge is 0.226 e. The van der Waals surface area contributed by atoms with Gasteiger partial charge < -0.3 is 5.32 Å². The van der Waals surface area contributed by atoms with Gasteiger partial charge in [-0.25, -0.2) is 4.98 Å². The van der Waals surface area contributed by atoms with Crippen molar-refractivity contribution < 1.29 is 9.59 Å². The number of Topliss-reactive ketones (excluding diaryl/α,β-unsaturated/α-hetero) is 1. The minimum atomic E-state index is -0.155. The van der Waals surface area contributed by atoms with E-state index in [1.807, 2.05) is 17.5 Å². The molecule has 1 aromatic carbocycles. The lowest BCUT2D eigenvalue weighted by Crippen LogP contribution is -2.29. The zero-order valence-corrected chi connectivity index (χ0v) is 17.0. The number of thiazole rings is 1. The number of hydrogen-bond donors (Lipinski definition) is 1. The van der Waals surface area contributed by atoms with E-state index in [0.29, 0.717) is 10.0 Å². The van der Waals surface area contributed by atoms with Gasteiger partial charge in [-0.2, -0.15) is 0 Å². The van der Waals surface area contributed by atoms with Crippen LogP contribution in [0.1, 0.15) is 38.6 Å². The first-order valence-corrected chi connectivity index (χ1v) is 11.0. The van der Waals surface area contributed by atoms with Gasteiger partial charge in [0.1, 0.15) is 0 Å². The second-order valence-corrected chi connectivity index (χ2v) is 8.82. The summed E-state index contributed by atoms with van der Waals surface area (Å²) in [4.78, 5) is 33.1. The molecule has 0 radical (unpaired) electrons. The number of hydrogen-bond acceptors (Lipinski definition) is 6. The van der Waals surface area contributed by atoms with E-state index >= 15 is 0 Å². The summed E-state index contributed by atoms with van der Waals surface area (Å²) in [5.41, 5.74) is 2.39. The van der Waals surface area contributed by atoms with Crippen LogP contribution in [0.2, 0.25) is 0 Å². The average Bonchev–Trinajstić information content (AvgIpc) is 3.36. The molecular weight excluding hydrogens is 390 g/mol. The molecule has 2 aromatic heterocycles. The van der Waals surface area contributed by atoms with Crippen LogP contribution in [0.5, 0.6) is 0 Å². The van der Waals surface area contributed by atoms with Gasteiger partial charge in [-0.1, -0.05) is 36.4 Å². The molecule has 0 bridgehead atoms. The molecule has 0 saturated heterocycles. The predicted octanol–water partition coefficient (Wildman–Crippen LogP) is 4.36. The molecule has 28 heavy (non-hydrogen) atoms. The highest BCUT2D eigenvalue weighted by Gasteiger charge is 2.21. The second kappa shape index (κ2) is 8.77. The van der Waals surface area contributed by atoms with Crippen LogP contribution >= 0.6 is 22.7 Å². The number of nitrogens with zero attached hydrogens (tertiary/aromatic N) is 2. The molecule has 0 unspecified atom stereocenters. The Bertz CT molecular complexity index is 951. The van der Waals surface area contributed by atoms with Crippen molar-refractivity contribution in [3.63, 3.8) is 0 Å². The Balaban J connectivity index is 1.30. The van der Waals surface area contributed by atoms with E-state index in [1.54, 1.807) is 17.4 Å². The average molecular weight is 412 g/mol. The van der Waals surface area contributed by atoms with Gasteiger partial charge in [0.25, 0.3) is 0 Å². The standard InChI is InChI=1S/C21H21N3O2S2/c25-17(18-7-4-12-27-18)8-9-20(26)23-21-22-16-10-11-24(14-19(16)28-21)13-15-5-2-1-3-6-15/h1-7,12H,8-11,13-14H2,(H,22,23,26). The molecular formula is C21H21N3O2S2. The van der Waals surface area contributed by atoms with Crippen molar-refractivity contribution in [2.24, 2.45) is 0 Å². The summed E-state index contributed by atoms with van der Waals surface area (Å²) in [6.07, 6.45) is 1.30. The highest BCUT2D eigenvalue weighted by molar-refractivity contribution is 7.15. The highest BCUT2D eigenvalue weighted by atomic mass is 32.1. The molecule has 144 valence electrons. The minimum absolute atomic E-state index is 0.0140. The molecule has 4 rings (SSSR count). The SMILES string of the molecule is O=C(CCC(=O)c1cccs1)Nc1nc2c(s1)CN(Cc1ccccc1)CC2. The van der Waals surface area contributed by atoms with Crippen molar-refractivity contribution in [1.82, 2.24) is 9.88 Å². The Morgan fingerprint density at radius 1 is 1.11 bits per heavy atom. The third kappa shape index (κ3) is 4.73. The number of nitrogens with one attached hydrogen (secondary N) is 1. The van der Waals surface area contributed by atoms with Crippen LogP contribution in [0.3, 0.4) is 0 Å².